The first-order valence-electron chi connectivity index (χ1n) is 9.24. The Hall–Kier alpha value is -1.86. The Labute approximate surface area is 148 Å². The van der Waals surface area contributed by atoms with E-state index in [9.17, 15) is 4.79 Å². The molecule has 1 aromatic rings. The molecule has 0 spiro atoms. The van der Waals surface area contributed by atoms with Gasteiger partial charge in [0, 0.05) is 38.2 Å². The second-order valence-electron chi connectivity index (χ2n) is 7.05. The van der Waals surface area contributed by atoms with Crippen molar-refractivity contribution >= 4 is 17.5 Å². The van der Waals surface area contributed by atoms with Crippen molar-refractivity contribution in [2.45, 2.75) is 25.3 Å². The van der Waals surface area contributed by atoms with Gasteiger partial charge in [-0.1, -0.05) is 0 Å². The van der Waals surface area contributed by atoms with Gasteiger partial charge < -0.3 is 24.6 Å². The highest BCUT2D eigenvalue weighted by Crippen LogP contribution is 2.29. The summed E-state index contributed by atoms with van der Waals surface area (Å²) in [6, 6.07) is 4.27. The third-order valence-corrected chi connectivity index (χ3v) is 5.06. The molecule has 136 valence electrons. The summed E-state index contributed by atoms with van der Waals surface area (Å²) in [4.78, 5) is 21.4. The minimum absolute atomic E-state index is 0.0182. The van der Waals surface area contributed by atoms with E-state index in [-0.39, 0.29) is 6.03 Å². The van der Waals surface area contributed by atoms with E-state index < -0.39 is 0 Å². The highest BCUT2D eigenvalue weighted by atomic mass is 16.5. The van der Waals surface area contributed by atoms with Crippen molar-refractivity contribution in [2.24, 2.45) is 5.92 Å². The molecule has 1 unspecified atom stereocenters. The maximum absolute atomic E-state index is 12.7. The predicted octanol–water partition coefficient (Wildman–Crippen LogP) is 1.95. The Bertz CT molecular complexity index is 578. The van der Waals surface area contributed by atoms with Gasteiger partial charge in [0.25, 0.3) is 0 Å². The van der Waals surface area contributed by atoms with Gasteiger partial charge in [0.2, 0.25) is 0 Å². The Morgan fingerprint density at radius 3 is 2.68 bits per heavy atom. The second kappa shape index (κ2) is 7.58. The fourth-order valence-electron chi connectivity index (χ4n) is 3.42. The van der Waals surface area contributed by atoms with Crippen LogP contribution in [0.3, 0.4) is 0 Å². The van der Waals surface area contributed by atoms with Crippen LogP contribution in [-0.4, -0.2) is 68.0 Å². The van der Waals surface area contributed by atoms with Crippen LogP contribution in [0.25, 0.3) is 0 Å². The number of nitrogens with one attached hydrogen (secondary N) is 1. The number of carbonyl (C=O) groups is 1. The smallest absolute Gasteiger partial charge is 0.322 e. The molecule has 4 rings (SSSR count). The lowest BCUT2D eigenvalue weighted by Crippen LogP contribution is -2.40. The molecule has 7 nitrogen and oxygen atoms in total. The monoisotopic (exact) mass is 346 g/mol. The lowest BCUT2D eigenvalue weighted by atomic mass is 10.1. The lowest BCUT2D eigenvalue weighted by molar-refractivity contribution is 0.122. The van der Waals surface area contributed by atoms with Crippen molar-refractivity contribution < 1.29 is 14.3 Å². The number of nitrogens with zero attached hydrogens (tertiary/aromatic N) is 3. The summed E-state index contributed by atoms with van der Waals surface area (Å²) in [6.07, 6.45) is 5.00. The maximum atomic E-state index is 12.7. The number of rotatable bonds is 5. The molecule has 1 aromatic heterocycles. The number of hydrogen-bond donors (Lipinski definition) is 1. The number of carbonyl (C=O) groups excluding carboxylic acids is 1. The molecule has 2 saturated heterocycles. The Balaban J connectivity index is 1.35. The highest BCUT2D eigenvalue weighted by molar-refractivity contribution is 5.89. The van der Waals surface area contributed by atoms with Crippen LogP contribution < -0.4 is 10.2 Å². The van der Waals surface area contributed by atoms with Gasteiger partial charge in [-0.3, -0.25) is 0 Å². The first-order valence-corrected chi connectivity index (χ1v) is 9.24. The van der Waals surface area contributed by atoms with Crippen molar-refractivity contribution in [1.82, 2.24) is 9.88 Å². The van der Waals surface area contributed by atoms with Gasteiger partial charge in [-0.05, 0) is 31.4 Å². The highest BCUT2D eigenvalue weighted by Gasteiger charge is 2.34. The van der Waals surface area contributed by atoms with E-state index in [1.54, 1.807) is 6.20 Å². The van der Waals surface area contributed by atoms with Gasteiger partial charge in [0.1, 0.15) is 5.82 Å². The van der Waals surface area contributed by atoms with Crippen LogP contribution in [0.15, 0.2) is 18.3 Å². The Morgan fingerprint density at radius 1 is 1.20 bits per heavy atom. The second-order valence-corrected chi connectivity index (χ2v) is 7.05. The van der Waals surface area contributed by atoms with E-state index in [0.717, 1.165) is 76.8 Å². The summed E-state index contributed by atoms with van der Waals surface area (Å²) < 4.78 is 10.8. The van der Waals surface area contributed by atoms with Gasteiger partial charge in [-0.25, -0.2) is 9.78 Å². The molecule has 3 fully saturated rings. The quantitative estimate of drug-likeness (QED) is 0.883. The minimum Gasteiger partial charge on any atom is -0.381 e. The molecule has 3 heterocycles. The van der Waals surface area contributed by atoms with E-state index in [1.165, 1.54) is 0 Å². The Kier molecular flexibility index (Phi) is 5.03. The fraction of sp³-hybridized carbons (Fsp3) is 0.667. The average molecular weight is 346 g/mol. The largest absolute Gasteiger partial charge is 0.381 e. The fourth-order valence-corrected chi connectivity index (χ4v) is 3.42. The number of ether oxygens (including phenoxy) is 2. The van der Waals surface area contributed by atoms with Crippen LogP contribution >= 0.6 is 0 Å². The number of hydrogen-bond acceptors (Lipinski definition) is 5. The molecule has 2 amide bonds. The number of pyridine rings is 1. The standard InChI is InChI=1S/C18H26N4O3/c23-18(22(16-2-3-16)12-14-5-8-25-13-14)20-15-1-4-17(19-11-15)21-6-9-24-10-7-21/h1,4,11,14,16H,2-3,5-10,12-13H2,(H,20,23). The predicted molar refractivity (Wildman–Crippen MR) is 94.9 cm³/mol. The SMILES string of the molecule is O=C(Nc1ccc(N2CCOCC2)nc1)N(CC1CCOC1)C1CC1. The van der Waals surface area contributed by atoms with Gasteiger partial charge in [-0.15, -0.1) is 0 Å². The third-order valence-electron chi connectivity index (χ3n) is 5.06. The summed E-state index contributed by atoms with van der Waals surface area (Å²) in [5.74, 6) is 1.40. The van der Waals surface area contributed by atoms with Crippen molar-refractivity contribution in [3.05, 3.63) is 18.3 Å². The van der Waals surface area contributed by atoms with Crippen molar-refractivity contribution in [3.8, 4) is 0 Å². The number of anilines is 2. The van der Waals surface area contributed by atoms with Gasteiger partial charge >= 0.3 is 6.03 Å². The average Bonchev–Trinajstić information content (AvgIpc) is 3.36. The van der Waals surface area contributed by atoms with Gasteiger partial charge in [0.05, 0.1) is 31.7 Å². The minimum atomic E-state index is -0.0182. The van der Waals surface area contributed by atoms with Crippen LogP contribution in [0.5, 0.6) is 0 Å². The first-order chi connectivity index (χ1) is 12.3. The Morgan fingerprint density at radius 2 is 2.04 bits per heavy atom. The van der Waals surface area contributed by atoms with E-state index in [0.29, 0.717) is 12.0 Å². The zero-order chi connectivity index (χ0) is 17.1. The van der Waals surface area contributed by atoms with Gasteiger partial charge in [0.15, 0.2) is 0 Å². The number of aromatic nitrogens is 1. The summed E-state index contributed by atoms with van der Waals surface area (Å²) in [5, 5.41) is 3.01. The third kappa shape index (κ3) is 4.22. The zero-order valence-corrected chi connectivity index (χ0v) is 14.5. The van der Waals surface area contributed by atoms with Crippen molar-refractivity contribution in [2.75, 3.05) is 56.3 Å². The van der Waals surface area contributed by atoms with Gasteiger partial charge in [-0.2, -0.15) is 0 Å². The molecule has 7 heteroatoms. The molecule has 1 aliphatic carbocycles. The number of morpholine rings is 1. The van der Waals surface area contributed by atoms with Crippen LogP contribution in [0.4, 0.5) is 16.3 Å². The molecular formula is C18H26N4O3. The molecular weight excluding hydrogens is 320 g/mol. The normalized spacial score (nSPS) is 23.5. The number of urea groups is 1. The van der Waals surface area contributed by atoms with E-state index in [4.69, 9.17) is 9.47 Å². The van der Waals surface area contributed by atoms with Crippen molar-refractivity contribution in [1.29, 1.82) is 0 Å². The summed E-state index contributed by atoms with van der Waals surface area (Å²) in [5.41, 5.74) is 0.746. The van der Waals surface area contributed by atoms with E-state index >= 15 is 0 Å². The zero-order valence-electron chi connectivity index (χ0n) is 14.5. The molecule has 1 saturated carbocycles. The van der Waals surface area contributed by atoms with Crippen LogP contribution in [0, 0.1) is 5.92 Å². The first kappa shape index (κ1) is 16.6. The molecule has 0 bridgehead atoms. The van der Waals surface area contributed by atoms with Crippen LogP contribution in [-0.2, 0) is 9.47 Å². The molecule has 0 aromatic carbocycles. The topological polar surface area (TPSA) is 66.9 Å². The molecule has 3 aliphatic rings. The molecule has 25 heavy (non-hydrogen) atoms. The van der Waals surface area contributed by atoms with Crippen molar-refractivity contribution in [3.63, 3.8) is 0 Å². The number of amides is 2. The van der Waals surface area contributed by atoms with Crippen LogP contribution in [0.2, 0.25) is 0 Å². The summed E-state index contributed by atoms with van der Waals surface area (Å²) in [6.45, 7) is 5.57. The summed E-state index contributed by atoms with van der Waals surface area (Å²) in [7, 11) is 0. The molecule has 2 aliphatic heterocycles. The molecule has 1 atom stereocenters. The van der Waals surface area contributed by atoms with Crippen LogP contribution in [0.1, 0.15) is 19.3 Å². The lowest BCUT2D eigenvalue weighted by Gasteiger charge is -2.28. The summed E-state index contributed by atoms with van der Waals surface area (Å²) >= 11 is 0. The molecule has 1 N–H and O–H groups in total. The van der Waals surface area contributed by atoms with E-state index in [2.05, 4.69) is 15.2 Å². The van der Waals surface area contributed by atoms with E-state index in [1.807, 2.05) is 17.0 Å². The molecule has 0 radical (unpaired) electrons. The maximum Gasteiger partial charge on any atom is 0.322 e.